The van der Waals surface area contributed by atoms with E-state index in [1.54, 1.807) is 24.3 Å². The van der Waals surface area contributed by atoms with Crippen molar-refractivity contribution in [3.8, 4) is 5.75 Å². The summed E-state index contributed by atoms with van der Waals surface area (Å²) in [6.45, 7) is 0.298. The Bertz CT molecular complexity index is 675. The van der Waals surface area contributed by atoms with Crippen LogP contribution in [0.2, 0.25) is 0 Å². The molecule has 1 aromatic rings. The van der Waals surface area contributed by atoms with Gasteiger partial charge in [0.2, 0.25) is 0 Å². The fraction of sp³-hybridized carbons (Fsp3) is 0.214. The Kier molecular flexibility index (Phi) is 5.81. The van der Waals surface area contributed by atoms with Gasteiger partial charge in [-0.15, -0.1) is 0 Å². The zero-order chi connectivity index (χ0) is 16.3. The number of carboxylic acid groups (broad SMARTS) is 1. The fourth-order valence-electron chi connectivity index (χ4n) is 1.85. The molecular formula is C14H12INO4S2. The Hall–Kier alpha value is -1.13. The van der Waals surface area contributed by atoms with Crippen molar-refractivity contribution >= 4 is 68.8 Å². The van der Waals surface area contributed by atoms with Crippen LogP contribution in [-0.4, -0.2) is 37.9 Å². The number of nitrogens with zero attached hydrogens (tertiary/aromatic N) is 1. The highest BCUT2D eigenvalue weighted by Gasteiger charge is 2.31. The maximum absolute atomic E-state index is 12.3. The number of thioether (sulfide) groups is 1. The van der Waals surface area contributed by atoms with Crippen molar-refractivity contribution in [2.45, 2.75) is 12.8 Å². The summed E-state index contributed by atoms with van der Waals surface area (Å²) in [6, 6.07) is 5.15. The van der Waals surface area contributed by atoms with Gasteiger partial charge in [0, 0.05) is 13.0 Å². The lowest BCUT2D eigenvalue weighted by molar-refractivity contribution is -0.137. The highest BCUT2D eigenvalue weighted by atomic mass is 127. The van der Waals surface area contributed by atoms with Gasteiger partial charge in [-0.1, -0.05) is 30.0 Å². The van der Waals surface area contributed by atoms with E-state index in [0.717, 1.165) is 3.57 Å². The zero-order valence-electron chi connectivity index (χ0n) is 11.3. The van der Waals surface area contributed by atoms with Crippen LogP contribution >= 0.6 is 46.6 Å². The molecule has 0 unspecified atom stereocenters. The van der Waals surface area contributed by atoms with E-state index in [0.29, 0.717) is 27.8 Å². The van der Waals surface area contributed by atoms with Gasteiger partial charge < -0.3 is 10.2 Å². The molecule has 5 nitrogen and oxygen atoms in total. The molecule has 0 saturated carbocycles. The van der Waals surface area contributed by atoms with Crippen molar-refractivity contribution < 1.29 is 19.8 Å². The maximum atomic E-state index is 12.3. The summed E-state index contributed by atoms with van der Waals surface area (Å²) in [6.07, 6.45) is 2.03. The molecule has 22 heavy (non-hydrogen) atoms. The topological polar surface area (TPSA) is 77.8 Å². The Morgan fingerprint density at radius 3 is 2.82 bits per heavy atom. The SMILES string of the molecule is O=C(O)CCCN1C(=O)/C(=C/c2ccc(I)c(O)c2)SC1=S. The monoisotopic (exact) mass is 449 g/mol. The number of phenols is 1. The first-order valence-corrected chi connectivity index (χ1v) is 8.64. The fourth-order valence-corrected chi connectivity index (χ4v) is 3.50. The number of halogens is 1. The van der Waals surface area contributed by atoms with Gasteiger partial charge in [-0.25, -0.2) is 0 Å². The van der Waals surface area contributed by atoms with E-state index in [-0.39, 0.29) is 18.1 Å². The van der Waals surface area contributed by atoms with Crippen LogP contribution in [0.3, 0.4) is 0 Å². The molecule has 0 radical (unpaired) electrons. The highest BCUT2D eigenvalue weighted by Crippen LogP contribution is 2.33. The van der Waals surface area contributed by atoms with Crippen LogP contribution in [-0.2, 0) is 9.59 Å². The third-order valence-electron chi connectivity index (χ3n) is 2.91. The van der Waals surface area contributed by atoms with Crippen molar-refractivity contribution in [3.05, 3.63) is 32.2 Å². The number of phenolic OH excluding ortho intramolecular Hbond substituents is 1. The largest absolute Gasteiger partial charge is 0.507 e. The molecule has 2 N–H and O–H groups in total. The molecule has 1 saturated heterocycles. The second-order valence-electron chi connectivity index (χ2n) is 4.54. The van der Waals surface area contributed by atoms with Crippen molar-refractivity contribution in [2.24, 2.45) is 0 Å². The molecular weight excluding hydrogens is 437 g/mol. The van der Waals surface area contributed by atoms with Crippen molar-refractivity contribution in [3.63, 3.8) is 0 Å². The summed E-state index contributed by atoms with van der Waals surface area (Å²) in [5, 5.41) is 18.3. The van der Waals surface area contributed by atoms with Gasteiger partial charge in [0.15, 0.2) is 0 Å². The van der Waals surface area contributed by atoms with Gasteiger partial charge in [0.25, 0.3) is 5.91 Å². The minimum Gasteiger partial charge on any atom is -0.507 e. The van der Waals surface area contributed by atoms with Crippen LogP contribution in [0.1, 0.15) is 18.4 Å². The summed E-state index contributed by atoms with van der Waals surface area (Å²) < 4.78 is 1.16. The van der Waals surface area contributed by atoms with Crippen LogP contribution in [0, 0.1) is 3.57 Å². The number of hydrogen-bond acceptors (Lipinski definition) is 5. The first kappa shape index (κ1) is 17.2. The molecule has 2 rings (SSSR count). The number of rotatable bonds is 5. The van der Waals surface area contributed by atoms with Crippen molar-refractivity contribution in [1.29, 1.82) is 0 Å². The number of carbonyl (C=O) groups is 2. The average Bonchev–Trinajstić information content (AvgIpc) is 2.70. The molecule has 1 aliphatic rings. The zero-order valence-corrected chi connectivity index (χ0v) is 15.1. The minimum atomic E-state index is -0.893. The predicted molar refractivity (Wildman–Crippen MR) is 97.6 cm³/mol. The Morgan fingerprint density at radius 2 is 2.18 bits per heavy atom. The number of amides is 1. The lowest BCUT2D eigenvalue weighted by Gasteiger charge is -2.13. The predicted octanol–water partition coefficient (Wildman–Crippen LogP) is 3.06. The van der Waals surface area contributed by atoms with E-state index in [9.17, 15) is 14.7 Å². The number of benzene rings is 1. The molecule has 0 aromatic heterocycles. The molecule has 0 aliphatic carbocycles. The minimum absolute atomic E-state index is 0.00109. The Labute approximate surface area is 150 Å². The Balaban J connectivity index is 2.11. The molecule has 1 aliphatic heterocycles. The van der Waals surface area contributed by atoms with Crippen molar-refractivity contribution in [1.82, 2.24) is 4.90 Å². The lowest BCUT2D eigenvalue weighted by atomic mass is 10.2. The number of aromatic hydroxyl groups is 1. The maximum Gasteiger partial charge on any atom is 0.303 e. The van der Waals surface area contributed by atoms with Crippen LogP contribution < -0.4 is 0 Å². The molecule has 0 spiro atoms. The van der Waals surface area contributed by atoms with E-state index in [1.165, 1.54) is 16.7 Å². The van der Waals surface area contributed by atoms with Crippen molar-refractivity contribution in [2.75, 3.05) is 6.54 Å². The molecule has 1 aromatic carbocycles. The third kappa shape index (κ3) is 4.20. The number of carbonyl (C=O) groups excluding carboxylic acids is 1. The number of hydrogen-bond donors (Lipinski definition) is 2. The van der Waals surface area contributed by atoms with Gasteiger partial charge in [-0.05, 0) is 52.8 Å². The third-order valence-corrected chi connectivity index (χ3v) is 5.20. The normalized spacial score (nSPS) is 16.6. The number of thiocarbonyl (C=S) groups is 1. The van der Waals surface area contributed by atoms with Gasteiger partial charge >= 0.3 is 5.97 Å². The second kappa shape index (κ2) is 7.42. The summed E-state index contributed by atoms with van der Waals surface area (Å²) in [5.74, 6) is -0.958. The van der Waals surface area contributed by atoms with Crippen LogP contribution in [0.5, 0.6) is 5.75 Å². The van der Waals surface area contributed by atoms with E-state index in [4.69, 9.17) is 17.3 Å². The molecule has 8 heteroatoms. The quantitative estimate of drug-likeness (QED) is 0.409. The molecule has 1 amide bonds. The average molecular weight is 449 g/mol. The molecule has 1 fully saturated rings. The molecule has 0 bridgehead atoms. The number of aliphatic carboxylic acids is 1. The highest BCUT2D eigenvalue weighted by molar-refractivity contribution is 14.1. The van der Waals surface area contributed by atoms with Gasteiger partial charge in [0.1, 0.15) is 10.1 Å². The van der Waals surface area contributed by atoms with Gasteiger partial charge in [-0.2, -0.15) is 0 Å². The first-order chi connectivity index (χ1) is 10.4. The smallest absolute Gasteiger partial charge is 0.303 e. The summed E-state index contributed by atoms with van der Waals surface area (Å²) >= 11 is 8.37. The van der Waals surface area contributed by atoms with E-state index in [1.807, 2.05) is 22.6 Å². The van der Waals surface area contributed by atoms with Crippen LogP contribution in [0.15, 0.2) is 23.1 Å². The summed E-state index contributed by atoms with van der Waals surface area (Å²) in [4.78, 5) is 24.7. The summed E-state index contributed by atoms with van der Waals surface area (Å²) in [7, 11) is 0. The van der Waals surface area contributed by atoms with Crippen LogP contribution in [0.25, 0.3) is 6.08 Å². The Morgan fingerprint density at radius 1 is 1.45 bits per heavy atom. The van der Waals surface area contributed by atoms with E-state index >= 15 is 0 Å². The summed E-state index contributed by atoms with van der Waals surface area (Å²) in [5.41, 5.74) is 0.712. The second-order valence-corrected chi connectivity index (χ2v) is 7.38. The number of carboxylic acids is 1. The van der Waals surface area contributed by atoms with E-state index < -0.39 is 5.97 Å². The van der Waals surface area contributed by atoms with Gasteiger partial charge in [0.05, 0.1) is 8.48 Å². The molecule has 1 heterocycles. The molecule has 116 valence electrons. The van der Waals surface area contributed by atoms with E-state index in [2.05, 4.69) is 0 Å². The molecule has 0 atom stereocenters. The van der Waals surface area contributed by atoms with Crippen LogP contribution in [0.4, 0.5) is 0 Å². The standard InChI is InChI=1S/C14H12INO4S2/c15-9-4-3-8(6-10(9)17)7-11-13(20)16(14(21)22-11)5-1-2-12(18)19/h3-4,6-7,17H,1-2,5H2,(H,18,19)/b11-7-. The lowest BCUT2D eigenvalue weighted by Crippen LogP contribution is -2.29. The first-order valence-electron chi connectivity index (χ1n) is 6.34. The van der Waals surface area contributed by atoms with Gasteiger partial charge in [-0.3, -0.25) is 14.5 Å².